The molecule has 140 valence electrons. The summed E-state index contributed by atoms with van der Waals surface area (Å²) in [5, 5.41) is 3.74. The standard InChI is InChI=1S/C23H20N2O3/c26-23(24-13-12-18-9-6-14-27-18)20-15-22(25-21-11-5-4-10-19(20)21)28-16-17-7-2-1-3-8-17/h1-11,14-15H,12-13,16H2,(H,24,26). The molecule has 28 heavy (non-hydrogen) atoms. The van der Waals surface area contributed by atoms with E-state index in [1.807, 2.05) is 66.7 Å². The van der Waals surface area contributed by atoms with Crippen LogP contribution < -0.4 is 10.1 Å². The molecule has 0 atom stereocenters. The summed E-state index contributed by atoms with van der Waals surface area (Å²) in [5.41, 5.74) is 2.32. The van der Waals surface area contributed by atoms with Gasteiger partial charge in [0.2, 0.25) is 5.88 Å². The van der Waals surface area contributed by atoms with Crippen LogP contribution in [0.25, 0.3) is 10.9 Å². The van der Waals surface area contributed by atoms with Gasteiger partial charge in [-0.3, -0.25) is 4.79 Å². The van der Waals surface area contributed by atoms with Gasteiger partial charge in [-0.05, 0) is 23.8 Å². The third kappa shape index (κ3) is 4.20. The highest BCUT2D eigenvalue weighted by molar-refractivity contribution is 6.06. The summed E-state index contributed by atoms with van der Waals surface area (Å²) in [6.45, 7) is 0.884. The number of aromatic nitrogens is 1. The Hall–Kier alpha value is -3.60. The SMILES string of the molecule is O=C(NCCc1ccco1)c1cc(OCc2ccccc2)nc2ccccc12. The Morgan fingerprint density at radius 1 is 1.00 bits per heavy atom. The van der Waals surface area contributed by atoms with Crippen molar-refractivity contribution in [3.63, 3.8) is 0 Å². The predicted molar refractivity (Wildman–Crippen MR) is 107 cm³/mol. The molecule has 5 heteroatoms. The Balaban J connectivity index is 1.52. The smallest absolute Gasteiger partial charge is 0.252 e. The first kappa shape index (κ1) is 17.8. The second-order valence-corrected chi connectivity index (χ2v) is 6.38. The monoisotopic (exact) mass is 372 g/mol. The van der Waals surface area contributed by atoms with Gasteiger partial charge in [-0.15, -0.1) is 0 Å². The average Bonchev–Trinajstić information content (AvgIpc) is 3.26. The van der Waals surface area contributed by atoms with E-state index >= 15 is 0 Å². The quantitative estimate of drug-likeness (QED) is 0.523. The van der Waals surface area contributed by atoms with Crippen molar-refractivity contribution in [3.8, 4) is 5.88 Å². The summed E-state index contributed by atoms with van der Waals surface area (Å²) in [7, 11) is 0. The van der Waals surface area contributed by atoms with E-state index < -0.39 is 0 Å². The van der Waals surface area contributed by atoms with E-state index in [9.17, 15) is 4.79 Å². The number of hydrogen-bond acceptors (Lipinski definition) is 4. The number of rotatable bonds is 7. The zero-order chi connectivity index (χ0) is 19.2. The van der Waals surface area contributed by atoms with Crippen molar-refractivity contribution in [2.24, 2.45) is 0 Å². The van der Waals surface area contributed by atoms with Crippen molar-refractivity contribution in [1.82, 2.24) is 10.3 Å². The van der Waals surface area contributed by atoms with Gasteiger partial charge < -0.3 is 14.5 Å². The van der Waals surface area contributed by atoms with Crippen molar-refractivity contribution < 1.29 is 13.9 Å². The van der Waals surface area contributed by atoms with E-state index in [0.717, 1.165) is 22.2 Å². The lowest BCUT2D eigenvalue weighted by atomic mass is 10.1. The van der Waals surface area contributed by atoms with Crippen LogP contribution in [-0.2, 0) is 13.0 Å². The maximum atomic E-state index is 12.8. The summed E-state index contributed by atoms with van der Waals surface area (Å²) in [4.78, 5) is 17.3. The normalized spacial score (nSPS) is 10.7. The van der Waals surface area contributed by atoms with Gasteiger partial charge >= 0.3 is 0 Å². The lowest BCUT2D eigenvalue weighted by Gasteiger charge is -2.11. The van der Waals surface area contributed by atoms with Crippen molar-refractivity contribution in [3.05, 3.63) is 95.9 Å². The highest BCUT2D eigenvalue weighted by Crippen LogP contribution is 2.22. The molecule has 0 aliphatic heterocycles. The minimum atomic E-state index is -0.158. The molecule has 0 saturated carbocycles. The van der Waals surface area contributed by atoms with E-state index in [4.69, 9.17) is 9.15 Å². The van der Waals surface area contributed by atoms with E-state index in [1.165, 1.54) is 0 Å². The number of para-hydroxylation sites is 1. The minimum absolute atomic E-state index is 0.158. The van der Waals surface area contributed by atoms with Crippen LogP contribution in [0.5, 0.6) is 5.88 Å². The van der Waals surface area contributed by atoms with Gasteiger partial charge in [-0.1, -0.05) is 48.5 Å². The summed E-state index contributed by atoms with van der Waals surface area (Å²) in [6, 6.07) is 22.9. The van der Waals surface area contributed by atoms with Crippen LogP contribution in [0, 0.1) is 0 Å². The van der Waals surface area contributed by atoms with Crippen LogP contribution in [0.15, 0.2) is 83.5 Å². The number of hydrogen-bond donors (Lipinski definition) is 1. The fourth-order valence-electron chi connectivity index (χ4n) is 2.99. The molecule has 0 spiro atoms. The second-order valence-electron chi connectivity index (χ2n) is 6.38. The third-order valence-corrected chi connectivity index (χ3v) is 4.40. The molecule has 1 N–H and O–H groups in total. The predicted octanol–water partition coefficient (Wildman–Crippen LogP) is 4.38. The van der Waals surface area contributed by atoms with Crippen LogP contribution in [0.3, 0.4) is 0 Å². The third-order valence-electron chi connectivity index (χ3n) is 4.40. The maximum absolute atomic E-state index is 12.8. The molecule has 2 aromatic carbocycles. The fourth-order valence-corrected chi connectivity index (χ4v) is 2.99. The molecule has 0 aliphatic rings. The second kappa shape index (κ2) is 8.39. The summed E-state index contributed by atoms with van der Waals surface area (Å²) >= 11 is 0. The highest BCUT2D eigenvalue weighted by Gasteiger charge is 2.13. The lowest BCUT2D eigenvalue weighted by molar-refractivity contribution is 0.0954. The lowest BCUT2D eigenvalue weighted by Crippen LogP contribution is -2.26. The molecule has 2 aromatic heterocycles. The molecular formula is C23H20N2O3. The van der Waals surface area contributed by atoms with Crippen molar-refractivity contribution in [2.75, 3.05) is 6.54 Å². The van der Waals surface area contributed by atoms with E-state index in [-0.39, 0.29) is 5.91 Å². The zero-order valence-corrected chi connectivity index (χ0v) is 15.3. The number of carbonyl (C=O) groups is 1. The van der Waals surface area contributed by atoms with Crippen LogP contribution in [0.4, 0.5) is 0 Å². The first-order chi connectivity index (χ1) is 13.8. The minimum Gasteiger partial charge on any atom is -0.473 e. The van der Waals surface area contributed by atoms with Crippen LogP contribution in [-0.4, -0.2) is 17.4 Å². The van der Waals surface area contributed by atoms with Gasteiger partial charge in [0, 0.05) is 24.4 Å². The summed E-state index contributed by atoms with van der Waals surface area (Å²) < 4.78 is 11.2. The van der Waals surface area contributed by atoms with Gasteiger partial charge in [-0.25, -0.2) is 4.98 Å². The van der Waals surface area contributed by atoms with Gasteiger partial charge in [0.25, 0.3) is 5.91 Å². The van der Waals surface area contributed by atoms with E-state index in [0.29, 0.717) is 31.0 Å². The molecule has 2 heterocycles. The first-order valence-electron chi connectivity index (χ1n) is 9.17. The maximum Gasteiger partial charge on any atom is 0.252 e. The Kier molecular flexibility index (Phi) is 5.33. The number of nitrogens with one attached hydrogen (secondary N) is 1. The van der Waals surface area contributed by atoms with E-state index in [2.05, 4.69) is 10.3 Å². The zero-order valence-electron chi connectivity index (χ0n) is 15.3. The molecule has 0 aliphatic carbocycles. The average molecular weight is 372 g/mol. The number of benzene rings is 2. The Labute approximate surface area is 163 Å². The van der Waals surface area contributed by atoms with Crippen LogP contribution in [0.2, 0.25) is 0 Å². The Morgan fingerprint density at radius 3 is 2.64 bits per heavy atom. The molecule has 0 unspecified atom stereocenters. The van der Waals surface area contributed by atoms with Gasteiger partial charge in [0.05, 0.1) is 17.3 Å². The first-order valence-corrected chi connectivity index (χ1v) is 9.17. The number of amides is 1. The Bertz CT molecular complexity index is 1060. The Morgan fingerprint density at radius 2 is 1.82 bits per heavy atom. The number of carbonyl (C=O) groups excluding carboxylic acids is 1. The molecule has 4 aromatic rings. The van der Waals surface area contributed by atoms with Gasteiger partial charge in [0.15, 0.2) is 0 Å². The summed E-state index contributed by atoms with van der Waals surface area (Å²) in [6.07, 6.45) is 2.27. The molecule has 0 saturated heterocycles. The fraction of sp³-hybridized carbons (Fsp3) is 0.130. The molecule has 0 radical (unpaired) electrons. The summed E-state index contributed by atoms with van der Waals surface area (Å²) in [5.74, 6) is 1.11. The highest BCUT2D eigenvalue weighted by atomic mass is 16.5. The molecule has 4 rings (SSSR count). The number of pyridine rings is 1. The molecule has 5 nitrogen and oxygen atoms in total. The number of furan rings is 1. The number of nitrogens with zero attached hydrogens (tertiary/aromatic N) is 1. The van der Waals surface area contributed by atoms with Crippen LogP contribution >= 0.6 is 0 Å². The number of fused-ring (bicyclic) bond motifs is 1. The molecular weight excluding hydrogens is 352 g/mol. The van der Waals surface area contributed by atoms with Crippen molar-refractivity contribution >= 4 is 16.8 Å². The molecule has 0 fully saturated rings. The van der Waals surface area contributed by atoms with Crippen molar-refractivity contribution in [2.45, 2.75) is 13.0 Å². The van der Waals surface area contributed by atoms with Gasteiger partial charge in [-0.2, -0.15) is 0 Å². The number of ether oxygens (including phenoxy) is 1. The van der Waals surface area contributed by atoms with Gasteiger partial charge in [0.1, 0.15) is 12.4 Å². The molecule has 0 bridgehead atoms. The van der Waals surface area contributed by atoms with E-state index in [1.54, 1.807) is 12.3 Å². The largest absolute Gasteiger partial charge is 0.473 e. The van der Waals surface area contributed by atoms with Crippen molar-refractivity contribution in [1.29, 1.82) is 0 Å². The van der Waals surface area contributed by atoms with Crippen LogP contribution in [0.1, 0.15) is 21.7 Å². The molecule has 1 amide bonds. The topological polar surface area (TPSA) is 64.4 Å².